The summed E-state index contributed by atoms with van der Waals surface area (Å²) in [6, 6.07) is 26.0. The number of rotatable bonds is 5. The highest BCUT2D eigenvalue weighted by Gasteiger charge is 2.21. The second-order valence-electron chi connectivity index (χ2n) is 7.04. The van der Waals surface area contributed by atoms with E-state index >= 15 is 0 Å². The number of hydrogen-bond donors (Lipinski definition) is 2. The standard InChI is InChI=1S/C24H23N3OS2/c28-23(27-16-6-8-18-7-4-5-11-22(18)27)17-30-21-14-12-20(13-15-21)26-24(29)25-19-9-2-1-3-10-19/h1-5,7,9-15H,6,8,16-17H2,(H2,25,26,29). The third-order valence-electron chi connectivity index (χ3n) is 4.92. The Labute approximate surface area is 186 Å². The van der Waals surface area contributed by atoms with E-state index in [1.54, 1.807) is 11.8 Å². The van der Waals surface area contributed by atoms with Gasteiger partial charge in [-0.2, -0.15) is 0 Å². The lowest BCUT2D eigenvalue weighted by atomic mass is 10.0. The molecule has 4 nitrogen and oxygen atoms in total. The van der Waals surface area contributed by atoms with Crippen LogP contribution in [0.1, 0.15) is 12.0 Å². The van der Waals surface area contributed by atoms with Gasteiger partial charge in [0.1, 0.15) is 0 Å². The van der Waals surface area contributed by atoms with Crippen molar-refractivity contribution in [3.05, 3.63) is 84.4 Å². The van der Waals surface area contributed by atoms with Crippen LogP contribution >= 0.6 is 24.0 Å². The number of hydrogen-bond acceptors (Lipinski definition) is 3. The number of anilines is 3. The summed E-state index contributed by atoms with van der Waals surface area (Å²) in [5.74, 6) is 0.581. The van der Waals surface area contributed by atoms with Crippen molar-refractivity contribution in [1.82, 2.24) is 0 Å². The fraction of sp³-hybridized carbons (Fsp3) is 0.167. The van der Waals surface area contributed by atoms with Crippen molar-refractivity contribution in [3.63, 3.8) is 0 Å². The quantitative estimate of drug-likeness (QED) is 0.407. The van der Waals surface area contributed by atoms with Crippen molar-refractivity contribution in [1.29, 1.82) is 0 Å². The van der Waals surface area contributed by atoms with E-state index < -0.39 is 0 Å². The number of thioether (sulfide) groups is 1. The molecule has 1 amide bonds. The highest BCUT2D eigenvalue weighted by atomic mass is 32.2. The maximum Gasteiger partial charge on any atom is 0.237 e. The summed E-state index contributed by atoms with van der Waals surface area (Å²) in [6.45, 7) is 0.797. The van der Waals surface area contributed by atoms with Crippen molar-refractivity contribution < 1.29 is 4.79 Å². The number of aryl methyl sites for hydroxylation is 1. The van der Waals surface area contributed by atoms with Gasteiger partial charge in [0.25, 0.3) is 0 Å². The molecule has 3 aromatic carbocycles. The zero-order chi connectivity index (χ0) is 20.8. The number of fused-ring (bicyclic) bond motifs is 1. The monoisotopic (exact) mass is 433 g/mol. The molecule has 152 valence electrons. The molecular weight excluding hydrogens is 410 g/mol. The topological polar surface area (TPSA) is 44.4 Å². The van der Waals surface area contributed by atoms with Gasteiger partial charge >= 0.3 is 0 Å². The fourth-order valence-electron chi connectivity index (χ4n) is 3.47. The molecule has 0 saturated carbocycles. The molecule has 0 saturated heterocycles. The van der Waals surface area contributed by atoms with Crippen LogP contribution in [0.4, 0.5) is 17.1 Å². The van der Waals surface area contributed by atoms with Gasteiger partial charge in [0.05, 0.1) is 5.75 Å². The smallest absolute Gasteiger partial charge is 0.237 e. The minimum absolute atomic E-state index is 0.155. The van der Waals surface area contributed by atoms with Gasteiger partial charge in [0.15, 0.2) is 5.11 Å². The van der Waals surface area contributed by atoms with Crippen molar-refractivity contribution in [2.24, 2.45) is 0 Å². The Hall–Kier alpha value is -2.83. The molecule has 0 unspecified atom stereocenters. The van der Waals surface area contributed by atoms with E-state index in [-0.39, 0.29) is 5.91 Å². The number of carbonyl (C=O) groups is 1. The van der Waals surface area contributed by atoms with Gasteiger partial charge in [-0.15, -0.1) is 11.8 Å². The van der Waals surface area contributed by atoms with Crippen LogP contribution in [-0.4, -0.2) is 23.3 Å². The summed E-state index contributed by atoms with van der Waals surface area (Å²) in [5.41, 5.74) is 4.18. The van der Waals surface area contributed by atoms with E-state index in [9.17, 15) is 4.79 Å². The summed E-state index contributed by atoms with van der Waals surface area (Å²) in [5, 5.41) is 6.88. The van der Waals surface area contributed by atoms with Crippen LogP contribution in [0.25, 0.3) is 0 Å². The molecule has 0 fully saturated rings. The first-order valence-corrected chi connectivity index (χ1v) is 11.3. The summed E-state index contributed by atoms with van der Waals surface area (Å²) in [4.78, 5) is 15.8. The van der Waals surface area contributed by atoms with Gasteiger partial charge < -0.3 is 15.5 Å². The summed E-state index contributed by atoms with van der Waals surface area (Å²) >= 11 is 6.92. The first-order valence-electron chi connectivity index (χ1n) is 9.93. The molecule has 2 N–H and O–H groups in total. The third kappa shape index (κ3) is 5.20. The Morgan fingerprint density at radius 1 is 0.900 bits per heavy atom. The van der Waals surface area contributed by atoms with E-state index in [2.05, 4.69) is 16.7 Å². The number of benzene rings is 3. The third-order valence-corrected chi connectivity index (χ3v) is 6.12. The Balaban J connectivity index is 1.30. The second-order valence-corrected chi connectivity index (χ2v) is 8.49. The number of thiocarbonyl (C=S) groups is 1. The lowest BCUT2D eigenvalue weighted by Gasteiger charge is -2.29. The van der Waals surface area contributed by atoms with E-state index in [0.717, 1.165) is 41.3 Å². The molecule has 0 aliphatic carbocycles. The van der Waals surface area contributed by atoms with Crippen molar-refractivity contribution in [2.75, 3.05) is 27.8 Å². The number of carbonyl (C=O) groups excluding carboxylic acids is 1. The van der Waals surface area contributed by atoms with Crippen LogP contribution < -0.4 is 15.5 Å². The predicted octanol–water partition coefficient (Wildman–Crippen LogP) is 5.57. The van der Waals surface area contributed by atoms with Crippen molar-refractivity contribution in [2.45, 2.75) is 17.7 Å². The van der Waals surface area contributed by atoms with Gasteiger partial charge in [0, 0.05) is 28.5 Å². The first-order chi connectivity index (χ1) is 14.7. The van der Waals surface area contributed by atoms with Crippen LogP contribution in [0.15, 0.2) is 83.8 Å². The van der Waals surface area contributed by atoms with Gasteiger partial charge in [-0.3, -0.25) is 4.79 Å². The summed E-state index contributed by atoms with van der Waals surface area (Å²) in [6.07, 6.45) is 2.06. The van der Waals surface area contributed by atoms with E-state index in [0.29, 0.717) is 10.9 Å². The maximum absolute atomic E-state index is 12.8. The Morgan fingerprint density at radius 2 is 1.57 bits per heavy atom. The molecule has 4 rings (SSSR count). The first kappa shape index (κ1) is 20.4. The fourth-order valence-corrected chi connectivity index (χ4v) is 4.48. The zero-order valence-electron chi connectivity index (χ0n) is 16.5. The molecule has 1 aliphatic heterocycles. The predicted molar refractivity (Wildman–Crippen MR) is 131 cm³/mol. The minimum atomic E-state index is 0.155. The Morgan fingerprint density at radius 3 is 2.33 bits per heavy atom. The average molecular weight is 434 g/mol. The zero-order valence-corrected chi connectivity index (χ0v) is 18.1. The molecule has 0 aromatic heterocycles. The maximum atomic E-state index is 12.8. The molecule has 6 heteroatoms. The number of para-hydroxylation sites is 2. The normalized spacial score (nSPS) is 12.7. The largest absolute Gasteiger partial charge is 0.332 e. The van der Waals surface area contributed by atoms with Crippen LogP contribution in [0.2, 0.25) is 0 Å². The van der Waals surface area contributed by atoms with Gasteiger partial charge in [-0.05, 0) is 73.1 Å². The number of amides is 1. The van der Waals surface area contributed by atoms with E-state index in [1.807, 2.05) is 77.7 Å². The molecule has 30 heavy (non-hydrogen) atoms. The van der Waals surface area contributed by atoms with E-state index in [4.69, 9.17) is 12.2 Å². The highest BCUT2D eigenvalue weighted by molar-refractivity contribution is 8.00. The van der Waals surface area contributed by atoms with Crippen LogP contribution in [0.3, 0.4) is 0 Å². The highest BCUT2D eigenvalue weighted by Crippen LogP contribution is 2.28. The number of nitrogens with one attached hydrogen (secondary N) is 2. The minimum Gasteiger partial charge on any atom is -0.332 e. The van der Waals surface area contributed by atoms with E-state index in [1.165, 1.54) is 5.56 Å². The molecule has 0 bridgehead atoms. The van der Waals surface area contributed by atoms with Gasteiger partial charge in [-0.1, -0.05) is 36.4 Å². The van der Waals surface area contributed by atoms with Gasteiger partial charge in [-0.25, -0.2) is 0 Å². The van der Waals surface area contributed by atoms with Crippen LogP contribution in [-0.2, 0) is 11.2 Å². The average Bonchev–Trinajstić information content (AvgIpc) is 2.78. The van der Waals surface area contributed by atoms with Crippen LogP contribution in [0.5, 0.6) is 0 Å². The molecule has 3 aromatic rings. The molecule has 0 spiro atoms. The van der Waals surface area contributed by atoms with Crippen molar-refractivity contribution in [3.8, 4) is 0 Å². The molecular formula is C24H23N3OS2. The lowest BCUT2D eigenvalue weighted by molar-refractivity contribution is -0.116. The SMILES string of the molecule is O=C(CSc1ccc(NC(=S)Nc2ccccc2)cc1)N1CCCc2ccccc21. The summed E-state index contributed by atoms with van der Waals surface area (Å²) < 4.78 is 0. The lowest BCUT2D eigenvalue weighted by Crippen LogP contribution is -2.36. The Kier molecular flexibility index (Phi) is 6.67. The molecule has 1 heterocycles. The van der Waals surface area contributed by atoms with Gasteiger partial charge in [0.2, 0.25) is 5.91 Å². The summed E-state index contributed by atoms with van der Waals surface area (Å²) in [7, 11) is 0. The van der Waals surface area contributed by atoms with Crippen LogP contribution in [0, 0.1) is 0 Å². The molecule has 0 atom stereocenters. The number of nitrogens with zero attached hydrogens (tertiary/aromatic N) is 1. The molecule has 1 aliphatic rings. The molecule has 0 radical (unpaired) electrons. The Bertz CT molecular complexity index is 1020. The second kappa shape index (κ2) is 9.78. The van der Waals surface area contributed by atoms with Crippen molar-refractivity contribution >= 4 is 52.1 Å².